The molecule has 0 spiro atoms. The molecule has 10 atom stereocenters. The lowest BCUT2D eigenvalue weighted by Crippen LogP contribution is -2.68. The monoisotopic (exact) mass is 971 g/mol. The highest BCUT2D eigenvalue weighted by atomic mass is 16.7. The van der Waals surface area contributed by atoms with Crippen molar-refractivity contribution in [3.05, 3.63) is 42.0 Å². The van der Waals surface area contributed by atoms with Crippen LogP contribution < -0.4 is 9.47 Å². The molecule has 0 bridgehead atoms. The molecule has 0 unspecified atom stereocenters. The van der Waals surface area contributed by atoms with Gasteiger partial charge in [-0.05, 0) is 161 Å². The zero-order chi connectivity index (χ0) is 50.9. The minimum absolute atomic E-state index is 0.0554. The molecular formula is C59H90N2O9. The summed E-state index contributed by atoms with van der Waals surface area (Å²) in [5.41, 5.74) is 0.444. The molecule has 0 radical (unpaired) electrons. The fourth-order valence-electron chi connectivity index (χ4n) is 16.1. The molecule has 7 rings (SSSR count). The Labute approximate surface area is 421 Å². The van der Waals surface area contributed by atoms with Crippen LogP contribution in [0.15, 0.2) is 36.4 Å². The molecule has 70 heavy (non-hydrogen) atoms. The number of amides is 2. The van der Waals surface area contributed by atoms with E-state index in [0.29, 0.717) is 73.9 Å². The van der Waals surface area contributed by atoms with E-state index in [0.717, 1.165) is 82.6 Å². The van der Waals surface area contributed by atoms with Crippen LogP contribution >= 0.6 is 0 Å². The molecule has 2 amide bonds. The molecule has 6 aliphatic rings. The predicted octanol–water partition coefficient (Wildman–Crippen LogP) is 12.2. The Morgan fingerprint density at radius 1 is 0.800 bits per heavy atom. The summed E-state index contributed by atoms with van der Waals surface area (Å²) >= 11 is 0. The van der Waals surface area contributed by atoms with Crippen molar-refractivity contribution < 1.29 is 43.2 Å². The minimum Gasteiger partial charge on any atom is -0.490 e. The number of allylic oxidation sites excluding steroid dienone is 1. The molecule has 6 fully saturated rings. The number of esters is 1. The zero-order valence-corrected chi connectivity index (χ0v) is 44.9. The van der Waals surface area contributed by atoms with Crippen LogP contribution in [-0.2, 0) is 28.7 Å². The van der Waals surface area contributed by atoms with E-state index < -0.39 is 22.8 Å². The van der Waals surface area contributed by atoms with Crippen LogP contribution in [0.1, 0.15) is 177 Å². The first kappa shape index (κ1) is 53.9. The maximum Gasteiger partial charge on any atom is 0.309 e. The van der Waals surface area contributed by atoms with Crippen molar-refractivity contribution in [3.8, 4) is 11.5 Å². The number of carbonyl (C=O) groups excluding carboxylic acids is 3. The highest BCUT2D eigenvalue weighted by molar-refractivity contribution is 5.92. The summed E-state index contributed by atoms with van der Waals surface area (Å²) in [7, 11) is 1.59. The number of fused-ring (bicyclic) bond motifs is 7. The molecule has 1 saturated heterocycles. The van der Waals surface area contributed by atoms with Crippen LogP contribution in [0.5, 0.6) is 11.5 Å². The average Bonchev–Trinajstić information content (AvgIpc) is 3.72. The number of rotatable bonds is 19. The number of hydrogen-bond acceptors (Lipinski definition) is 8. The maximum absolute atomic E-state index is 15.3. The summed E-state index contributed by atoms with van der Waals surface area (Å²) in [6, 6.07) is 5.72. The molecule has 5 aliphatic carbocycles. The molecule has 1 aliphatic heterocycles. The van der Waals surface area contributed by atoms with E-state index in [1.807, 2.05) is 29.2 Å². The van der Waals surface area contributed by atoms with Gasteiger partial charge in [0, 0.05) is 44.8 Å². The van der Waals surface area contributed by atoms with Gasteiger partial charge in [-0.1, -0.05) is 91.9 Å². The standard InChI is InChI=1S/C59H90N2O9/c1-12-13-14-15-16-17-36-68-45-37-41(18-21-44(45)69-39-67-11)19-23-49(62)60-32-34-61(35-33-60)52(64)59-29-24-42(40(2)3)51(59)43-20-22-47-56(8)27-26-48(70-50(63)38-54(4,5)53(65)66)55(6,7)46(56)25-28-58(47,10)57(43,9)30-31-59/h18-19,21,23,37,42-43,46-48,51H,2,12-17,20,22,24-36,38-39H2,1,3-11H3,(H,65,66)/b23-19+/t42-,43+,46-,47+,48-,51+,56-,57+,58+,59-/m0/s1. The van der Waals surface area contributed by atoms with Gasteiger partial charge in [0.2, 0.25) is 11.8 Å². The van der Waals surface area contributed by atoms with Crippen molar-refractivity contribution >= 4 is 29.8 Å². The second kappa shape index (κ2) is 21.3. The summed E-state index contributed by atoms with van der Waals surface area (Å²) < 4.78 is 23.3. The molecule has 1 heterocycles. The first-order valence-electron chi connectivity index (χ1n) is 27.3. The average molecular weight is 971 g/mol. The summed E-state index contributed by atoms with van der Waals surface area (Å²) in [5, 5.41) is 9.69. The highest BCUT2D eigenvalue weighted by Gasteiger charge is 2.72. The molecule has 5 saturated carbocycles. The smallest absolute Gasteiger partial charge is 0.309 e. The molecule has 11 heteroatoms. The van der Waals surface area contributed by atoms with Gasteiger partial charge < -0.3 is 33.9 Å². The Bertz CT molecular complexity index is 2110. The number of carboxylic acids is 1. The lowest BCUT2D eigenvalue weighted by Gasteiger charge is -2.73. The minimum atomic E-state index is -1.17. The summed E-state index contributed by atoms with van der Waals surface area (Å²) in [6.07, 6.45) is 20.2. The normalized spacial score (nSPS) is 33.6. The number of ether oxygens (including phenoxy) is 4. The van der Waals surface area contributed by atoms with E-state index in [2.05, 4.69) is 59.9 Å². The van der Waals surface area contributed by atoms with Gasteiger partial charge in [0.15, 0.2) is 18.3 Å². The second-order valence-corrected chi connectivity index (χ2v) is 24.9. The van der Waals surface area contributed by atoms with E-state index in [4.69, 9.17) is 18.9 Å². The van der Waals surface area contributed by atoms with Crippen molar-refractivity contribution in [2.75, 3.05) is 46.7 Å². The van der Waals surface area contributed by atoms with Gasteiger partial charge in [0.1, 0.15) is 6.10 Å². The molecule has 1 N–H and O–H groups in total. The number of aliphatic carboxylic acids is 1. The lowest BCUT2D eigenvalue weighted by molar-refractivity contribution is -0.250. The number of hydrogen-bond donors (Lipinski definition) is 1. The third kappa shape index (κ3) is 10.1. The number of benzene rings is 1. The lowest BCUT2D eigenvalue weighted by atomic mass is 9.32. The van der Waals surface area contributed by atoms with Gasteiger partial charge in [-0.15, -0.1) is 0 Å². The number of carboxylic acid groups (broad SMARTS) is 1. The van der Waals surface area contributed by atoms with Gasteiger partial charge in [-0.25, -0.2) is 0 Å². The Balaban J connectivity index is 1.01. The number of piperazine rings is 1. The Morgan fingerprint density at radius 3 is 2.19 bits per heavy atom. The van der Waals surface area contributed by atoms with Crippen LogP contribution in [0.4, 0.5) is 0 Å². The fraction of sp³-hybridized carbons (Fsp3) is 0.763. The second-order valence-electron chi connectivity index (χ2n) is 24.9. The highest BCUT2D eigenvalue weighted by Crippen LogP contribution is 2.78. The van der Waals surface area contributed by atoms with Crippen LogP contribution in [0, 0.1) is 62.1 Å². The van der Waals surface area contributed by atoms with Crippen molar-refractivity contribution in [3.63, 3.8) is 0 Å². The number of methoxy groups -OCH3 is 1. The topological polar surface area (TPSA) is 132 Å². The van der Waals surface area contributed by atoms with E-state index in [1.165, 1.54) is 31.3 Å². The Morgan fingerprint density at radius 2 is 1.50 bits per heavy atom. The quantitative estimate of drug-likeness (QED) is 0.0473. The van der Waals surface area contributed by atoms with E-state index in [1.54, 1.807) is 27.0 Å². The summed E-state index contributed by atoms with van der Waals surface area (Å²) in [6.45, 7) is 27.3. The molecule has 0 aromatic heterocycles. The van der Waals surface area contributed by atoms with Crippen LogP contribution in [0.3, 0.4) is 0 Å². The van der Waals surface area contributed by atoms with Gasteiger partial charge in [-0.3, -0.25) is 19.2 Å². The van der Waals surface area contributed by atoms with Crippen LogP contribution in [0.25, 0.3) is 6.08 Å². The number of carbonyl (C=O) groups is 4. The third-order valence-electron chi connectivity index (χ3n) is 20.2. The van der Waals surface area contributed by atoms with Gasteiger partial charge >= 0.3 is 11.9 Å². The maximum atomic E-state index is 15.3. The SMILES string of the molecule is C=C(C)[C@@H]1CC[C@]2(C(=O)N3CCN(C(=O)/C=C/c4ccc(OCOC)c(OCCCCCCCC)c4)CC3)CC[C@]3(C)[C@H](CC[C@@H]4[C@@]5(C)CC[C@H](OC(=O)CC(C)(C)C(=O)O)C(C)(C)[C@@H]5CC[C@]43C)[C@@H]12. The summed E-state index contributed by atoms with van der Waals surface area (Å²) in [4.78, 5) is 58.1. The largest absolute Gasteiger partial charge is 0.490 e. The van der Waals surface area contributed by atoms with E-state index in [-0.39, 0.29) is 52.8 Å². The van der Waals surface area contributed by atoms with Crippen molar-refractivity contribution in [2.45, 2.75) is 178 Å². The third-order valence-corrected chi connectivity index (χ3v) is 20.2. The molecule has 1 aromatic carbocycles. The molecule has 1 aromatic rings. The van der Waals surface area contributed by atoms with Crippen LogP contribution in [0.2, 0.25) is 0 Å². The van der Waals surface area contributed by atoms with Crippen LogP contribution in [-0.4, -0.2) is 91.5 Å². The number of unbranched alkanes of at least 4 members (excludes halogenated alkanes) is 5. The van der Waals surface area contributed by atoms with Gasteiger partial charge in [-0.2, -0.15) is 0 Å². The van der Waals surface area contributed by atoms with Gasteiger partial charge in [0.25, 0.3) is 0 Å². The fourth-order valence-corrected chi connectivity index (χ4v) is 16.1. The van der Waals surface area contributed by atoms with E-state index in [9.17, 15) is 19.5 Å². The van der Waals surface area contributed by atoms with Crippen molar-refractivity contribution in [1.29, 1.82) is 0 Å². The molecular weight excluding hydrogens is 881 g/mol. The Kier molecular flexibility index (Phi) is 16.4. The van der Waals surface area contributed by atoms with Crippen molar-refractivity contribution in [2.24, 2.45) is 62.1 Å². The summed E-state index contributed by atoms with van der Waals surface area (Å²) in [5.74, 6) is 1.95. The Hall–Kier alpha value is -3.86. The number of nitrogens with zero attached hydrogens (tertiary/aromatic N) is 2. The van der Waals surface area contributed by atoms with Gasteiger partial charge in [0.05, 0.1) is 23.9 Å². The first-order chi connectivity index (χ1) is 33.1. The zero-order valence-electron chi connectivity index (χ0n) is 44.9. The molecule has 390 valence electrons. The van der Waals surface area contributed by atoms with Crippen molar-refractivity contribution in [1.82, 2.24) is 9.80 Å². The first-order valence-corrected chi connectivity index (χ1v) is 27.3. The van der Waals surface area contributed by atoms with E-state index >= 15 is 4.79 Å². The molecule has 11 nitrogen and oxygen atoms in total. The predicted molar refractivity (Wildman–Crippen MR) is 275 cm³/mol.